The Morgan fingerprint density at radius 2 is 2.00 bits per heavy atom. The van der Waals surface area contributed by atoms with Gasteiger partial charge >= 0.3 is 0 Å². The van der Waals surface area contributed by atoms with Gasteiger partial charge in [-0.3, -0.25) is 0 Å². The van der Waals surface area contributed by atoms with Crippen LogP contribution in [0, 0.1) is 30.1 Å². The second kappa shape index (κ2) is 4.09. The standard InChI is InChI=1S/C18H23NO/c1-11-6-4-5-7-13(11)17-19-16-9-12-8-15(18(12,2)3)14(16)10-20-17/h4-7,12,14-16H,8-10H2,1-3H3/t12-,14+,15+,16-/m0/s1. The van der Waals surface area contributed by atoms with Crippen LogP contribution >= 0.6 is 0 Å². The van der Waals surface area contributed by atoms with Crippen molar-refractivity contribution in [1.29, 1.82) is 0 Å². The molecule has 0 saturated heterocycles. The number of aliphatic imine (C=N–C) groups is 1. The van der Waals surface area contributed by atoms with E-state index in [0.717, 1.165) is 24.3 Å². The lowest BCUT2D eigenvalue weighted by Crippen LogP contribution is -2.59. The van der Waals surface area contributed by atoms with E-state index in [4.69, 9.17) is 9.73 Å². The summed E-state index contributed by atoms with van der Waals surface area (Å²) >= 11 is 0. The van der Waals surface area contributed by atoms with E-state index >= 15 is 0 Å². The molecule has 4 atom stereocenters. The van der Waals surface area contributed by atoms with Crippen LogP contribution < -0.4 is 0 Å². The van der Waals surface area contributed by atoms with Gasteiger partial charge < -0.3 is 4.74 Å². The highest BCUT2D eigenvalue weighted by molar-refractivity contribution is 5.96. The summed E-state index contributed by atoms with van der Waals surface area (Å²) in [5.41, 5.74) is 2.94. The Hall–Kier alpha value is -1.31. The Balaban J connectivity index is 1.64. The molecule has 0 amide bonds. The van der Waals surface area contributed by atoms with Crippen LogP contribution in [0.5, 0.6) is 0 Å². The van der Waals surface area contributed by atoms with Crippen molar-refractivity contribution in [3.8, 4) is 0 Å². The fourth-order valence-electron chi connectivity index (χ4n) is 4.62. The Kier molecular flexibility index (Phi) is 2.55. The molecule has 0 unspecified atom stereocenters. The van der Waals surface area contributed by atoms with Crippen LogP contribution in [0.2, 0.25) is 0 Å². The van der Waals surface area contributed by atoms with Crippen molar-refractivity contribution in [2.45, 2.75) is 39.7 Å². The molecular formula is C18H23NO. The molecule has 1 aromatic carbocycles. The van der Waals surface area contributed by atoms with Gasteiger partial charge in [0, 0.05) is 11.5 Å². The highest BCUT2D eigenvalue weighted by Gasteiger charge is 2.58. The highest BCUT2D eigenvalue weighted by Crippen LogP contribution is 2.62. The van der Waals surface area contributed by atoms with Gasteiger partial charge in [0.25, 0.3) is 0 Å². The number of nitrogens with zero attached hydrogens (tertiary/aromatic N) is 1. The summed E-state index contributed by atoms with van der Waals surface area (Å²) in [5.74, 6) is 3.20. The number of hydrogen-bond acceptors (Lipinski definition) is 2. The second-order valence-corrected chi connectivity index (χ2v) is 7.39. The van der Waals surface area contributed by atoms with Gasteiger partial charge in [0.1, 0.15) is 0 Å². The van der Waals surface area contributed by atoms with Crippen molar-refractivity contribution in [1.82, 2.24) is 0 Å². The topological polar surface area (TPSA) is 21.6 Å². The van der Waals surface area contributed by atoms with E-state index < -0.39 is 0 Å². The molecule has 3 saturated carbocycles. The third-order valence-electron chi connectivity index (χ3n) is 6.15. The minimum absolute atomic E-state index is 0.495. The van der Waals surface area contributed by atoms with E-state index in [1.165, 1.54) is 24.0 Å². The highest BCUT2D eigenvalue weighted by atomic mass is 16.5. The molecule has 1 aliphatic heterocycles. The fourth-order valence-corrected chi connectivity index (χ4v) is 4.62. The van der Waals surface area contributed by atoms with Crippen molar-refractivity contribution in [3.63, 3.8) is 0 Å². The molecule has 3 fully saturated rings. The Morgan fingerprint density at radius 3 is 2.75 bits per heavy atom. The van der Waals surface area contributed by atoms with Crippen LogP contribution in [-0.4, -0.2) is 18.5 Å². The first-order valence-electron chi connectivity index (χ1n) is 7.84. The van der Waals surface area contributed by atoms with Crippen LogP contribution in [0.15, 0.2) is 29.3 Å². The predicted molar refractivity (Wildman–Crippen MR) is 80.9 cm³/mol. The fraction of sp³-hybridized carbons (Fsp3) is 0.611. The lowest BCUT2D eigenvalue weighted by atomic mass is 9.44. The van der Waals surface area contributed by atoms with E-state index in [1.54, 1.807) is 0 Å². The number of aryl methyl sites for hydroxylation is 1. The molecule has 0 spiro atoms. The molecule has 3 aliphatic carbocycles. The quantitative estimate of drug-likeness (QED) is 0.759. The molecule has 1 aromatic rings. The Bertz CT molecular complexity index is 575. The maximum Gasteiger partial charge on any atom is 0.216 e. The molecule has 5 rings (SSSR count). The van der Waals surface area contributed by atoms with E-state index in [2.05, 4.69) is 45.0 Å². The third kappa shape index (κ3) is 1.60. The van der Waals surface area contributed by atoms with Gasteiger partial charge in [-0.05, 0) is 48.6 Å². The molecule has 4 aliphatic rings. The van der Waals surface area contributed by atoms with Crippen LogP contribution in [0.4, 0.5) is 0 Å². The zero-order valence-corrected chi connectivity index (χ0v) is 12.6. The molecule has 2 nitrogen and oxygen atoms in total. The van der Waals surface area contributed by atoms with Crippen LogP contribution in [0.25, 0.3) is 0 Å². The molecule has 0 N–H and O–H groups in total. The first-order chi connectivity index (χ1) is 9.57. The minimum Gasteiger partial charge on any atom is -0.477 e. The number of ether oxygens (including phenoxy) is 1. The maximum atomic E-state index is 6.05. The van der Waals surface area contributed by atoms with Crippen molar-refractivity contribution >= 4 is 5.90 Å². The first kappa shape index (κ1) is 12.4. The molecule has 2 heteroatoms. The van der Waals surface area contributed by atoms with Crippen molar-refractivity contribution < 1.29 is 4.74 Å². The number of hydrogen-bond donors (Lipinski definition) is 0. The summed E-state index contributed by atoms with van der Waals surface area (Å²) in [4.78, 5) is 4.98. The smallest absolute Gasteiger partial charge is 0.216 e. The molecule has 0 aromatic heterocycles. The van der Waals surface area contributed by atoms with Crippen LogP contribution in [0.1, 0.15) is 37.8 Å². The largest absolute Gasteiger partial charge is 0.477 e. The molecule has 0 radical (unpaired) electrons. The first-order valence-corrected chi connectivity index (χ1v) is 7.84. The Morgan fingerprint density at radius 1 is 1.20 bits per heavy atom. The normalized spacial score (nSPS) is 37.2. The third-order valence-corrected chi connectivity index (χ3v) is 6.15. The SMILES string of the molecule is Cc1ccccc1C1=N[C@H]2C[C@@H]3C[C@H]([C@H]2CO1)C3(C)C. The minimum atomic E-state index is 0.495. The molecule has 106 valence electrons. The number of rotatable bonds is 1. The molecule has 2 bridgehead atoms. The van der Waals surface area contributed by atoms with E-state index in [1.807, 2.05) is 0 Å². The van der Waals surface area contributed by atoms with Crippen molar-refractivity contribution in [2.75, 3.05) is 6.61 Å². The average molecular weight is 269 g/mol. The Labute approximate surface area is 121 Å². The molecule has 1 heterocycles. The van der Waals surface area contributed by atoms with E-state index in [-0.39, 0.29) is 0 Å². The van der Waals surface area contributed by atoms with Gasteiger partial charge in [0.05, 0.1) is 12.6 Å². The monoisotopic (exact) mass is 269 g/mol. The van der Waals surface area contributed by atoms with Crippen LogP contribution in [0.3, 0.4) is 0 Å². The van der Waals surface area contributed by atoms with Gasteiger partial charge in [-0.25, -0.2) is 4.99 Å². The van der Waals surface area contributed by atoms with Crippen molar-refractivity contribution in [2.24, 2.45) is 28.2 Å². The van der Waals surface area contributed by atoms with E-state index in [0.29, 0.717) is 17.4 Å². The van der Waals surface area contributed by atoms with Gasteiger partial charge in [-0.1, -0.05) is 32.0 Å². The lowest BCUT2D eigenvalue weighted by molar-refractivity contribution is -0.129. The predicted octanol–water partition coefficient (Wildman–Crippen LogP) is 3.82. The van der Waals surface area contributed by atoms with Gasteiger partial charge in [-0.2, -0.15) is 0 Å². The summed E-state index contributed by atoms with van der Waals surface area (Å²) in [6, 6.07) is 8.90. The molecule has 20 heavy (non-hydrogen) atoms. The maximum absolute atomic E-state index is 6.05. The zero-order chi connectivity index (χ0) is 13.9. The average Bonchev–Trinajstić information content (AvgIpc) is 2.46. The summed E-state index contributed by atoms with van der Waals surface area (Å²) in [7, 11) is 0. The van der Waals surface area contributed by atoms with Gasteiger partial charge in [0.2, 0.25) is 5.90 Å². The van der Waals surface area contributed by atoms with Gasteiger partial charge in [0.15, 0.2) is 0 Å². The van der Waals surface area contributed by atoms with E-state index in [9.17, 15) is 0 Å². The summed E-state index contributed by atoms with van der Waals surface area (Å²) in [6.45, 7) is 7.86. The lowest BCUT2D eigenvalue weighted by Gasteiger charge is -2.62. The summed E-state index contributed by atoms with van der Waals surface area (Å²) in [6.07, 6.45) is 2.65. The second-order valence-electron chi connectivity index (χ2n) is 7.39. The zero-order valence-electron chi connectivity index (χ0n) is 12.6. The number of benzene rings is 1. The van der Waals surface area contributed by atoms with Crippen molar-refractivity contribution in [3.05, 3.63) is 35.4 Å². The summed E-state index contributed by atoms with van der Waals surface area (Å²) in [5, 5.41) is 0. The van der Waals surface area contributed by atoms with Gasteiger partial charge in [-0.15, -0.1) is 0 Å². The van der Waals surface area contributed by atoms with Crippen LogP contribution in [-0.2, 0) is 4.74 Å². The summed E-state index contributed by atoms with van der Waals surface area (Å²) < 4.78 is 6.05. The molecular weight excluding hydrogens is 246 g/mol.